The van der Waals surface area contributed by atoms with Crippen molar-refractivity contribution in [2.75, 3.05) is 5.75 Å². The fourth-order valence-corrected chi connectivity index (χ4v) is 6.22. The monoisotopic (exact) mass is 682 g/mol. The molecule has 3 aromatic carbocycles. The van der Waals surface area contributed by atoms with Crippen LogP contribution in [0.3, 0.4) is 0 Å². The first-order chi connectivity index (χ1) is 21.9. The third-order valence-electron chi connectivity index (χ3n) is 7.54. The number of nitrogens with one attached hydrogen (secondary N) is 1. The highest BCUT2D eigenvalue weighted by atomic mass is 79.9. The summed E-state index contributed by atoms with van der Waals surface area (Å²) in [5.41, 5.74) is 5.21. The van der Waals surface area contributed by atoms with Crippen molar-refractivity contribution in [1.82, 2.24) is 25.1 Å². The van der Waals surface area contributed by atoms with Crippen LogP contribution < -0.4 is 5.32 Å². The van der Waals surface area contributed by atoms with Crippen molar-refractivity contribution in [2.24, 2.45) is 5.10 Å². The molecule has 1 N–H and O–H groups in total. The molecule has 228 valence electrons. The fraction of sp³-hybridized carbons (Fsp3) is 0.206. The molecular weight excluding hydrogens is 652 g/mol. The van der Waals surface area contributed by atoms with Crippen molar-refractivity contribution < 1.29 is 14.0 Å². The Labute approximate surface area is 273 Å². The molecule has 2 amide bonds. The van der Waals surface area contributed by atoms with E-state index in [1.165, 1.54) is 18.0 Å². The number of hydrazone groups is 1. The van der Waals surface area contributed by atoms with Gasteiger partial charge in [-0.25, -0.2) is 5.01 Å². The van der Waals surface area contributed by atoms with Gasteiger partial charge in [0.15, 0.2) is 16.7 Å². The molecule has 0 aliphatic carbocycles. The second kappa shape index (κ2) is 14.1. The number of rotatable bonds is 11. The van der Waals surface area contributed by atoms with E-state index in [1.54, 1.807) is 17.1 Å². The number of aromatic nitrogens is 3. The summed E-state index contributed by atoms with van der Waals surface area (Å²) >= 11 is 4.82. The maximum atomic E-state index is 13.8. The summed E-state index contributed by atoms with van der Waals surface area (Å²) in [6, 6.07) is 29.4. The number of hydrogen-bond donors (Lipinski definition) is 1. The maximum Gasteiger partial charge on any atom is 0.287 e. The molecule has 6 rings (SSSR count). The largest absolute Gasteiger partial charge is 0.459 e. The lowest BCUT2D eigenvalue weighted by Crippen LogP contribution is -2.28. The lowest BCUT2D eigenvalue weighted by molar-refractivity contribution is -0.130. The molecule has 9 nitrogen and oxygen atoms in total. The summed E-state index contributed by atoms with van der Waals surface area (Å²) in [4.78, 5) is 26.3. The highest BCUT2D eigenvalue weighted by Crippen LogP contribution is 2.34. The first kappa shape index (κ1) is 30.5. The predicted octanol–water partition coefficient (Wildman–Crippen LogP) is 6.58. The number of amides is 2. The Hall–Kier alpha value is -4.48. The number of thioether (sulfide) groups is 1. The van der Waals surface area contributed by atoms with E-state index in [4.69, 9.17) is 9.52 Å². The van der Waals surface area contributed by atoms with Gasteiger partial charge in [0.1, 0.15) is 0 Å². The van der Waals surface area contributed by atoms with Crippen LogP contribution in [-0.4, -0.2) is 43.1 Å². The molecule has 1 aliphatic rings. The third kappa shape index (κ3) is 7.43. The molecule has 0 fully saturated rings. The smallest absolute Gasteiger partial charge is 0.287 e. The Bertz CT molecular complexity index is 1790. The molecular formula is C34H31BrN6O3S. The zero-order valence-electron chi connectivity index (χ0n) is 24.6. The number of benzene rings is 3. The van der Waals surface area contributed by atoms with Crippen molar-refractivity contribution in [3.63, 3.8) is 0 Å². The van der Waals surface area contributed by atoms with Crippen LogP contribution in [0, 0.1) is 6.92 Å². The Balaban J connectivity index is 1.21. The van der Waals surface area contributed by atoms with Crippen LogP contribution in [0.2, 0.25) is 0 Å². The zero-order chi connectivity index (χ0) is 31.2. The van der Waals surface area contributed by atoms with Crippen molar-refractivity contribution in [2.45, 2.75) is 44.1 Å². The molecule has 0 unspecified atom stereocenters. The maximum absolute atomic E-state index is 13.8. The number of carbonyl (C=O) groups excluding carboxylic acids is 2. The first-order valence-electron chi connectivity index (χ1n) is 14.6. The molecule has 0 saturated heterocycles. The van der Waals surface area contributed by atoms with Crippen molar-refractivity contribution >= 4 is 45.2 Å². The summed E-state index contributed by atoms with van der Waals surface area (Å²) in [6.07, 6.45) is 2.81. The minimum Gasteiger partial charge on any atom is -0.459 e. The second-order valence-electron chi connectivity index (χ2n) is 10.7. The van der Waals surface area contributed by atoms with Gasteiger partial charge in [0.05, 0.1) is 30.3 Å². The third-order valence-corrected chi connectivity index (χ3v) is 9.02. The van der Waals surface area contributed by atoms with Crippen molar-refractivity contribution in [3.8, 4) is 0 Å². The minimum atomic E-state index is -0.336. The van der Waals surface area contributed by atoms with E-state index in [-0.39, 0.29) is 35.9 Å². The summed E-state index contributed by atoms with van der Waals surface area (Å²) in [7, 11) is 0. The zero-order valence-corrected chi connectivity index (χ0v) is 27.0. The summed E-state index contributed by atoms with van der Waals surface area (Å²) in [5.74, 6) is 0.486. The fourth-order valence-electron chi connectivity index (χ4n) is 5.12. The topological polar surface area (TPSA) is 106 Å². The lowest BCUT2D eigenvalue weighted by Gasteiger charge is -2.22. The van der Waals surface area contributed by atoms with Gasteiger partial charge in [-0.15, -0.1) is 10.2 Å². The van der Waals surface area contributed by atoms with E-state index >= 15 is 0 Å². The number of aryl methyl sites for hydroxylation is 2. The SMILES string of the molecule is Cc1ccc([C@H]2CC(c3ccc(Br)cc3)=NN2C(=O)CSc2nnc(CNC(=O)c3ccco3)n2CCc2ccccc2)cc1. The molecule has 0 spiro atoms. The van der Waals surface area contributed by atoms with Gasteiger partial charge in [-0.05, 0) is 54.3 Å². The van der Waals surface area contributed by atoms with Gasteiger partial charge < -0.3 is 14.3 Å². The van der Waals surface area contributed by atoms with Crippen LogP contribution in [0.1, 0.15) is 51.1 Å². The van der Waals surface area contributed by atoms with Gasteiger partial charge in [-0.3, -0.25) is 9.59 Å². The number of nitrogens with zero attached hydrogens (tertiary/aromatic N) is 5. The average molecular weight is 684 g/mol. The van der Waals surface area contributed by atoms with Crippen LogP contribution in [0.15, 0.2) is 116 Å². The van der Waals surface area contributed by atoms with Crippen LogP contribution in [0.5, 0.6) is 0 Å². The van der Waals surface area contributed by atoms with Crippen molar-refractivity contribution in [1.29, 1.82) is 0 Å². The predicted molar refractivity (Wildman–Crippen MR) is 177 cm³/mol. The van der Waals surface area contributed by atoms with Crippen LogP contribution in [0.4, 0.5) is 0 Å². The van der Waals surface area contributed by atoms with E-state index in [2.05, 4.69) is 67.8 Å². The van der Waals surface area contributed by atoms with E-state index in [9.17, 15) is 9.59 Å². The molecule has 11 heteroatoms. The van der Waals surface area contributed by atoms with Gasteiger partial charge in [0, 0.05) is 17.4 Å². The average Bonchev–Trinajstić information content (AvgIpc) is 3.84. The van der Waals surface area contributed by atoms with Crippen LogP contribution in [0.25, 0.3) is 0 Å². The van der Waals surface area contributed by atoms with Gasteiger partial charge in [-0.1, -0.05) is 100.0 Å². The Morgan fingerprint density at radius 3 is 2.49 bits per heavy atom. The molecule has 5 aromatic rings. The highest BCUT2D eigenvalue weighted by Gasteiger charge is 2.33. The van der Waals surface area contributed by atoms with E-state index in [1.807, 2.05) is 54.0 Å². The normalized spacial score (nSPS) is 14.4. The van der Waals surface area contributed by atoms with Crippen molar-refractivity contribution in [3.05, 3.63) is 136 Å². The van der Waals surface area contributed by atoms with Gasteiger partial charge in [0.25, 0.3) is 11.8 Å². The lowest BCUT2D eigenvalue weighted by atomic mass is 9.98. The Morgan fingerprint density at radius 2 is 1.76 bits per heavy atom. The second-order valence-corrected chi connectivity index (χ2v) is 12.5. The molecule has 3 heterocycles. The molecule has 0 radical (unpaired) electrons. The van der Waals surface area contributed by atoms with E-state index in [0.29, 0.717) is 23.9 Å². The Morgan fingerprint density at radius 1 is 0.978 bits per heavy atom. The van der Waals surface area contributed by atoms with Crippen LogP contribution in [-0.2, 0) is 24.3 Å². The van der Waals surface area contributed by atoms with E-state index in [0.717, 1.165) is 38.9 Å². The molecule has 0 saturated carbocycles. The minimum absolute atomic E-state index is 0.122. The molecule has 45 heavy (non-hydrogen) atoms. The molecule has 0 bridgehead atoms. The quantitative estimate of drug-likeness (QED) is 0.158. The first-order valence-corrected chi connectivity index (χ1v) is 16.3. The number of hydrogen-bond acceptors (Lipinski definition) is 7. The summed E-state index contributed by atoms with van der Waals surface area (Å²) < 4.78 is 8.16. The highest BCUT2D eigenvalue weighted by molar-refractivity contribution is 9.10. The Kier molecular flexibility index (Phi) is 9.56. The van der Waals surface area contributed by atoms with Gasteiger partial charge >= 0.3 is 0 Å². The van der Waals surface area contributed by atoms with Crippen LogP contribution >= 0.6 is 27.7 Å². The number of furan rings is 1. The standard InChI is InChI=1S/C34H31BrN6O3S/c1-23-9-11-26(12-10-23)29-20-28(25-13-15-27(35)16-14-25)39-41(29)32(42)22-45-34-38-37-31(21-36-33(43)30-8-5-19-44-30)40(34)18-17-24-6-3-2-4-7-24/h2-16,19,29H,17-18,20-22H2,1H3,(H,36,43)/t29-/m1/s1. The molecule has 2 aromatic heterocycles. The van der Waals surface area contributed by atoms with Gasteiger partial charge in [-0.2, -0.15) is 5.10 Å². The molecule has 1 aliphatic heterocycles. The number of halogens is 1. The van der Waals surface area contributed by atoms with Gasteiger partial charge in [0.2, 0.25) is 0 Å². The summed E-state index contributed by atoms with van der Waals surface area (Å²) in [6.45, 7) is 2.80. The summed E-state index contributed by atoms with van der Waals surface area (Å²) in [5, 5.41) is 18.7. The van der Waals surface area contributed by atoms with E-state index < -0.39 is 0 Å². The number of carbonyl (C=O) groups is 2. The molecule has 1 atom stereocenters.